The summed E-state index contributed by atoms with van der Waals surface area (Å²) in [5, 5.41) is 3.31. The second-order valence-electron chi connectivity index (χ2n) is 5.73. The maximum absolute atomic E-state index is 5.96. The third kappa shape index (κ3) is 2.52. The van der Waals surface area contributed by atoms with Gasteiger partial charge < -0.3 is 11.1 Å². The van der Waals surface area contributed by atoms with Crippen molar-refractivity contribution in [2.24, 2.45) is 0 Å². The summed E-state index contributed by atoms with van der Waals surface area (Å²) in [6, 6.07) is 20.9. The number of nitrogens with two attached hydrogens (primary N) is 1. The zero-order valence-corrected chi connectivity index (χ0v) is 12.7. The SMILES string of the molecule is Nc1nc2c(c(C(c3ccccc3)c3ccccc3)n1)CCN2. The third-order valence-electron chi connectivity index (χ3n) is 4.26. The summed E-state index contributed by atoms with van der Waals surface area (Å²) in [5.74, 6) is 1.27. The lowest BCUT2D eigenvalue weighted by atomic mass is 9.86. The van der Waals surface area contributed by atoms with Crippen molar-refractivity contribution in [3.8, 4) is 0 Å². The smallest absolute Gasteiger partial charge is 0.222 e. The minimum absolute atomic E-state index is 0.0661. The molecule has 0 saturated carbocycles. The van der Waals surface area contributed by atoms with Gasteiger partial charge in [0.05, 0.1) is 11.6 Å². The topological polar surface area (TPSA) is 63.8 Å². The molecule has 0 aliphatic carbocycles. The first kappa shape index (κ1) is 13.8. The van der Waals surface area contributed by atoms with Crippen LogP contribution >= 0.6 is 0 Å². The van der Waals surface area contributed by atoms with Crippen molar-refractivity contribution in [2.45, 2.75) is 12.3 Å². The molecule has 3 aromatic rings. The maximum Gasteiger partial charge on any atom is 0.222 e. The van der Waals surface area contributed by atoms with Crippen LogP contribution in [0.25, 0.3) is 0 Å². The van der Waals surface area contributed by atoms with Crippen molar-refractivity contribution < 1.29 is 0 Å². The molecule has 1 aliphatic heterocycles. The van der Waals surface area contributed by atoms with Crippen LogP contribution in [-0.2, 0) is 6.42 Å². The number of hydrogen-bond acceptors (Lipinski definition) is 4. The molecule has 0 spiro atoms. The van der Waals surface area contributed by atoms with E-state index < -0.39 is 0 Å². The quantitative estimate of drug-likeness (QED) is 0.780. The predicted molar refractivity (Wildman–Crippen MR) is 92.5 cm³/mol. The first-order valence-corrected chi connectivity index (χ1v) is 7.83. The number of anilines is 2. The van der Waals surface area contributed by atoms with Gasteiger partial charge in [-0.1, -0.05) is 60.7 Å². The van der Waals surface area contributed by atoms with Crippen LogP contribution in [0.1, 0.15) is 28.3 Å². The van der Waals surface area contributed by atoms with Crippen molar-refractivity contribution in [1.29, 1.82) is 0 Å². The molecule has 4 rings (SSSR count). The monoisotopic (exact) mass is 302 g/mol. The lowest BCUT2D eigenvalue weighted by molar-refractivity contribution is 0.884. The van der Waals surface area contributed by atoms with E-state index in [-0.39, 0.29) is 5.92 Å². The maximum atomic E-state index is 5.96. The average molecular weight is 302 g/mol. The number of benzene rings is 2. The van der Waals surface area contributed by atoms with E-state index >= 15 is 0 Å². The van der Waals surface area contributed by atoms with E-state index in [1.54, 1.807) is 0 Å². The molecule has 3 N–H and O–H groups in total. The first-order valence-electron chi connectivity index (χ1n) is 7.83. The highest BCUT2D eigenvalue weighted by Gasteiger charge is 2.26. The molecule has 23 heavy (non-hydrogen) atoms. The Hall–Kier alpha value is -2.88. The number of fused-ring (bicyclic) bond motifs is 1. The number of nitrogen functional groups attached to an aromatic ring is 1. The van der Waals surface area contributed by atoms with E-state index in [1.165, 1.54) is 16.7 Å². The van der Waals surface area contributed by atoms with Crippen LogP contribution in [-0.4, -0.2) is 16.5 Å². The molecule has 1 aromatic heterocycles. The zero-order chi connectivity index (χ0) is 15.6. The molecule has 0 unspecified atom stereocenters. The Labute approximate surface area is 135 Å². The molecule has 0 radical (unpaired) electrons. The number of nitrogens with zero attached hydrogens (tertiary/aromatic N) is 2. The van der Waals surface area contributed by atoms with Crippen LogP contribution in [0.2, 0.25) is 0 Å². The van der Waals surface area contributed by atoms with Crippen LogP contribution in [0.4, 0.5) is 11.8 Å². The average Bonchev–Trinajstić information content (AvgIpc) is 3.05. The summed E-state index contributed by atoms with van der Waals surface area (Å²) in [4.78, 5) is 8.96. The summed E-state index contributed by atoms with van der Waals surface area (Å²) < 4.78 is 0. The van der Waals surface area contributed by atoms with Crippen molar-refractivity contribution in [3.63, 3.8) is 0 Å². The van der Waals surface area contributed by atoms with Gasteiger partial charge in [0, 0.05) is 12.1 Å². The summed E-state index contributed by atoms with van der Waals surface area (Å²) in [5.41, 5.74) is 10.6. The Bertz CT molecular complexity index is 776. The third-order valence-corrected chi connectivity index (χ3v) is 4.26. The van der Waals surface area contributed by atoms with Crippen molar-refractivity contribution in [3.05, 3.63) is 83.0 Å². The van der Waals surface area contributed by atoms with Gasteiger partial charge in [-0.15, -0.1) is 0 Å². The van der Waals surface area contributed by atoms with Crippen LogP contribution in [0.3, 0.4) is 0 Å². The summed E-state index contributed by atoms with van der Waals surface area (Å²) in [6.07, 6.45) is 0.932. The van der Waals surface area contributed by atoms with Gasteiger partial charge in [-0.25, -0.2) is 4.98 Å². The Morgan fingerprint density at radius 3 is 2.09 bits per heavy atom. The zero-order valence-electron chi connectivity index (χ0n) is 12.7. The molecular weight excluding hydrogens is 284 g/mol. The molecule has 0 atom stereocenters. The van der Waals surface area contributed by atoms with Crippen molar-refractivity contribution >= 4 is 11.8 Å². The summed E-state index contributed by atoms with van der Waals surface area (Å²) >= 11 is 0. The fourth-order valence-corrected chi connectivity index (χ4v) is 3.26. The molecule has 0 bridgehead atoms. The first-order chi connectivity index (χ1) is 11.3. The van der Waals surface area contributed by atoms with Crippen LogP contribution < -0.4 is 11.1 Å². The summed E-state index contributed by atoms with van der Waals surface area (Å²) in [7, 11) is 0. The number of nitrogens with one attached hydrogen (secondary N) is 1. The van der Waals surface area contributed by atoms with E-state index in [4.69, 9.17) is 5.73 Å². The number of hydrogen-bond donors (Lipinski definition) is 2. The molecule has 4 nitrogen and oxygen atoms in total. The minimum Gasteiger partial charge on any atom is -0.369 e. The van der Waals surface area contributed by atoms with Gasteiger partial charge in [0.15, 0.2) is 0 Å². The Morgan fingerprint density at radius 2 is 1.48 bits per heavy atom. The van der Waals surface area contributed by atoms with Crippen molar-refractivity contribution in [1.82, 2.24) is 9.97 Å². The second-order valence-corrected chi connectivity index (χ2v) is 5.73. The minimum atomic E-state index is 0.0661. The van der Waals surface area contributed by atoms with Crippen molar-refractivity contribution in [2.75, 3.05) is 17.6 Å². The molecule has 2 aromatic carbocycles. The Kier molecular flexibility index (Phi) is 3.42. The van der Waals surface area contributed by atoms with Crippen LogP contribution in [0.5, 0.6) is 0 Å². The van der Waals surface area contributed by atoms with E-state index in [0.717, 1.165) is 24.5 Å². The highest BCUT2D eigenvalue weighted by Crippen LogP contribution is 2.36. The molecule has 1 aliphatic rings. The predicted octanol–water partition coefficient (Wildman–Crippen LogP) is 3.21. The second kappa shape index (κ2) is 5.72. The van der Waals surface area contributed by atoms with Crippen LogP contribution in [0.15, 0.2) is 60.7 Å². The fraction of sp³-hybridized carbons (Fsp3) is 0.158. The number of aromatic nitrogens is 2. The largest absolute Gasteiger partial charge is 0.369 e. The molecule has 0 fully saturated rings. The molecule has 4 heteroatoms. The van der Waals surface area contributed by atoms with Gasteiger partial charge in [-0.3, -0.25) is 0 Å². The fourth-order valence-electron chi connectivity index (χ4n) is 3.26. The lowest BCUT2D eigenvalue weighted by Gasteiger charge is -2.20. The van der Waals surface area contributed by atoms with Gasteiger partial charge in [0.2, 0.25) is 5.95 Å². The normalized spacial score (nSPS) is 12.9. The molecule has 2 heterocycles. The van der Waals surface area contributed by atoms with Gasteiger partial charge in [-0.2, -0.15) is 4.98 Å². The van der Waals surface area contributed by atoms with E-state index in [2.05, 4.69) is 63.8 Å². The standard InChI is InChI=1S/C19H18N4/c20-19-22-17(15-11-12-21-18(15)23-19)16(13-7-3-1-4-8-13)14-9-5-2-6-10-14/h1-10,16H,11-12H2,(H3,20,21,22,23). The van der Waals surface area contributed by atoms with E-state index in [1.807, 2.05) is 12.1 Å². The van der Waals surface area contributed by atoms with E-state index in [0.29, 0.717) is 5.95 Å². The van der Waals surface area contributed by atoms with Gasteiger partial charge in [-0.05, 0) is 17.5 Å². The van der Waals surface area contributed by atoms with Gasteiger partial charge >= 0.3 is 0 Å². The highest BCUT2D eigenvalue weighted by molar-refractivity contribution is 5.57. The molecule has 0 amide bonds. The summed E-state index contributed by atoms with van der Waals surface area (Å²) in [6.45, 7) is 0.886. The van der Waals surface area contributed by atoms with Gasteiger partial charge in [0.1, 0.15) is 5.82 Å². The highest BCUT2D eigenvalue weighted by atomic mass is 15.1. The Morgan fingerprint density at radius 1 is 0.870 bits per heavy atom. The molecule has 0 saturated heterocycles. The van der Waals surface area contributed by atoms with Gasteiger partial charge in [0.25, 0.3) is 0 Å². The molecular formula is C19H18N4. The Balaban J connectivity index is 1.94. The molecule has 114 valence electrons. The van der Waals surface area contributed by atoms with Crippen LogP contribution in [0, 0.1) is 0 Å². The number of rotatable bonds is 3. The lowest BCUT2D eigenvalue weighted by Crippen LogP contribution is -2.11. The van der Waals surface area contributed by atoms with E-state index in [9.17, 15) is 0 Å².